The molecule has 0 amide bonds. The maximum Gasteiger partial charge on any atom is 0.166 e. The van der Waals surface area contributed by atoms with Crippen molar-refractivity contribution in [1.82, 2.24) is 0 Å². The summed E-state index contributed by atoms with van der Waals surface area (Å²) < 4.78 is 0. The van der Waals surface area contributed by atoms with Crippen LogP contribution in [0.2, 0.25) is 0 Å². The first kappa shape index (κ1) is 20.3. The summed E-state index contributed by atoms with van der Waals surface area (Å²) in [6.07, 6.45) is 0. The summed E-state index contributed by atoms with van der Waals surface area (Å²) in [5.74, 6) is 0. The van der Waals surface area contributed by atoms with Crippen molar-refractivity contribution in [3.05, 3.63) is 91.0 Å². The monoisotopic (exact) mass is 332 g/mol. The van der Waals surface area contributed by atoms with Crippen LogP contribution in [0.15, 0.2) is 106 Å². The first-order chi connectivity index (χ1) is 9.45. The summed E-state index contributed by atoms with van der Waals surface area (Å²) in [7, 11) is -0.0146. The summed E-state index contributed by atoms with van der Waals surface area (Å²) in [4.78, 5) is 4.08. The summed E-state index contributed by atoms with van der Waals surface area (Å²) in [5, 5.41) is 0. The van der Waals surface area contributed by atoms with Crippen LogP contribution in [0.3, 0.4) is 0 Å². The molecule has 0 unspecified atom stereocenters. The SMILES string of the molecule is O.S.[OH-].c1ccc([S+](c2ccccc2)c2ccccc2)cc1. The van der Waals surface area contributed by atoms with Crippen LogP contribution in [-0.4, -0.2) is 11.0 Å². The number of hydrogen-bond donors (Lipinski definition) is 0. The van der Waals surface area contributed by atoms with E-state index in [0.717, 1.165) is 0 Å². The Hall–Kier alpha value is -1.72. The van der Waals surface area contributed by atoms with E-state index < -0.39 is 0 Å². The highest BCUT2D eigenvalue weighted by Gasteiger charge is 2.27. The van der Waals surface area contributed by atoms with Gasteiger partial charge in [-0.2, -0.15) is 13.5 Å². The van der Waals surface area contributed by atoms with Gasteiger partial charge in [0.15, 0.2) is 14.7 Å². The van der Waals surface area contributed by atoms with Crippen molar-refractivity contribution in [1.29, 1.82) is 0 Å². The van der Waals surface area contributed by atoms with Crippen molar-refractivity contribution in [2.75, 3.05) is 0 Å². The highest BCUT2D eigenvalue weighted by Crippen LogP contribution is 2.30. The molecule has 22 heavy (non-hydrogen) atoms. The largest absolute Gasteiger partial charge is 0.870 e. The minimum absolute atomic E-state index is 0. The topological polar surface area (TPSA) is 61.5 Å². The molecule has 0 bridgehead atoms. The third-order valence-electron chi connectivity index (χ3n) is 2.94. The molecule has 3 aromatic rings. The molecule has 0 saturated heterocycles. The predicted octanol–water partition coefficient (Wildman–Crippen LogP) is 3.89. The Morgan fingerprint density at radius 3 is 0.909 bits per heavy atom. The van der Waals surface area contributed by atoms with E-state index in [1.807, 2.05) is 0 Å². The molecule has 3 aromatic carbocycles. The first-order valence-corrected chi connectivity index (χ1v) is 7.57. The summed E-state index contributed by atoms with van der Waals surface area (Å²) in [6, 6.07) is 32.2. The van der Waals surface area contributed by atoms with E-state index in [1.165, 1.54) is 14.7 Å². The Morgan fingerprint density at radius 2 is 0.682 bits per heavy atom. The van der Waals surface area contributed by atoms with E-state index in [-0.39, 0.29) is 35.3 Å². The first-order valence-electron chi connectivity index (χ1n) is 6.34. The van der Waals surface area contributed by atoms with Crippen LogP contribution in [0.25, 0.3) is 0 Å². The van der Waals surface area contributed by atoms with E-state index in [9.17, 15) is 0 Å². The van der Waals surface area contributed by atoms with Crippen LogP contribution in [0, 0.1) is 0 Å². The zero-order chi connectivity index (χ0) is 12.9. The molecule has 0 aliphatic carbocycles. The fourth-order valence-electron chi connectivity index (χ4n) is 2.08. The zero-order valence-electron chi connectivity index (χ0n) is 12.0. The van der Waals surface area contributed by atoms with Gasteiger partial charge in [0.1, 0.15) is 0 Å². The van der Waals surface area contributed by atoms with Crippen molar-refractivity contribution in [2.45, 2.75) is 14.7 Å². The van der Waals surface area contributed by atoms with E-state index in [0.29, 0.717) is 0 Å². The van der Waals surface area contributed by atoms with Crippen molar-refractivity contribution in [3.63, 3.8) is 0 Å². The fraction of sp³-hybridized carbons (Fsp3) is 0. The third kappa shape index (κ3) is 4.64. The van der Waals surface area contributed by atoms with Crippen LogP contribution in [0.5, 0.6) is 0 Å². The second kappa shape index (κ2) is 10.1. The average molecular weight is 332 g/mol. The zero-order valence-corrected chi connectivity index (χ0v) is 13.8. The molecule has 0 saturated carbocycles. The van der Waals surface area contributed by atoms with Gasteiger partial charge in [0.2, 0.25) is 0 Å². The summed E-state index contributed by atoms with van der Waals surface area (Å²) >= 11 is 0. The second-order valence-electron chi connectivity index (χ2n) is 4.25. The smallest absolute Gasteiger partial charge is 0.166 e. The van der Waals surface area contributed by atoms with Gasteiger partial charge < -0.3 is 11.0 Å². The molecule has 3 N–H and O–H groups in total. The van der Waals surface area contributed by atoms with E-state index in [4.69, 9.17) is 0 Å². The van der Waals surface area contributed by atoms with Crippen LogP contribution < -0.4 is 0 Å². The van der Waals surface area contributed by atoms with Crippen molar-refractivity contribution < 1.29 is 11.0 Å². The summed E-state index contributed by atoms with van der Waals surface area (Å²) in [5.41, 5.74) is 0. The van der Waals surface area contributed by atoms with E-state index >= 15 is 0 Å². The molecule has 4 heteroatoms. The molecular formula is C18H20O2S2. The molecule has 0 heterocycles. The van der Waals surface area contributed by atoms with Crippen LogP contribution in [0.1, 0.15) is 0 Å². The third-order valence-corrected chi connectivity index (χ3v) is 5.17. The molecular weight excluding hydrogens is 312 g/mol. The minimum Gasteiger partial charge on any atom is -0.870 e. The van der Waals surface area contributed by atoms with Gasteiger partial charge in [-0.25, -0.2) is 0 Å². The predicted molar refractivity (Wildman–Crippen MR) is 97.4 cm³/mol. The Balaban J connectivity index is 0.00000147. The molecule has 0 aromatic heterocycles. The number of rotatable bonds is 3. The fourth-order valence-corrected chi connectivity index (χ4v) is 4.18. The average Bonchev–Trinajstić information content (AvgIpc) is 2.51. The Kier molecular flexibility index (Phi) is 9.29. The van der Waals surface area contributed by atoms with Gasteiger partial charge in [-0.1, -0.05) is 54.6 Å². The maximum absolute atomic E-state index is 2.21. The standard InChI is InChI=1S/C18H15S.2H2O.H2S/c1-4-10-16(11-5-1)19(17-12-6-2-7-13-17)18-14-8-3-9-15-18;;;/h1-15H;3*1H2/q+1;;;/p-1. The molecule has 0 radical (unpaired) electrons. The molecule has 116 valence electrons. The normalized spacial score (nSPS) is 9.14. The van der Waals surface area contributed by atoms with Crippen LogP contribution in [0.4, 0.5) is 0 Å². The molecule has 0 aliphatic rings. The molecule has 0 atom stereocenters. The number of benzene rings is 3. The molecule has 0 aliphatic heterocycles. The Bertz CT molecular complexity index is 537. The van der Waals surface area contributed by atoms with Gasteiger partial charge in [-0.05, 0) is 36.4 Å². The lowest BCUT2D eigenvalue weighted by Crippen LogP contribution is -2.04. The Labute approximate surface area is 141 Å². The van der Waals surface area contributed by atoms with Crippen molar-refractivity contribution >= 4 is 24.4 Å². The van der Waals surface area contributed by atoms with Gasteiger partial charge in [0, 0.05) is 0 Å². The maximum atomic E-state index is 2.21. The second-order valence-corrected chi connectivity index (χ2v) is 6.27. The lowest BCUT2D eigenvalue weighted by atomic mass is 10.4. The van der Waals surface area contributed by atoms with E-state index in [2.05, 4.69) is 91.0 Å². The van der Waals surface area contributed by atoms with Gasteiger partial charge in [0.05, 0.1) is 10.9 Å². The highest BCUT2D eigenvalue weighted by molar-refractivity contribution is 7.97. The quantitative estimate of drug-likeness (QED) is 0.671. The highest BCUT2D eigenvalue weighted by atomic mass is 32.2. The molecule has 0 spiro atoms. The molecule has 0 fully saturated rings. The van der Waals surface area contributed by atoms with Crippen molar-refractivity contribution in [3.8, 4) is 0 Å². The lowest BCUT2D eigenvalue weighted by molar-refractivity contribution is 0.823. The molecule has 3 rings (SSSR count). The van der Waals surface area contributed by atoms with Crippen LogP contribution >= 0.6 is 13.5 Å². The van der Waals surface area contributed by atoms with Gasteiger partial charge in [-0.15, -0.1) is 0 Å². The van der Waals surface area contributed by atoms with Crippen LogP contribution in [-0.2, 0) is 10.9 Å². The lowest BCUT2D eigenvalue weighted by Gasteiger charge is -2.07. The summed E-state index contributed by atoms with van der Waals surface area (Å²) in [6.45, 7) is 0. The van der Waals surface area contributed by atoms with E-state index in [1.54, 1.807) is 0 Å². The van der Waals surface area contributed by atoms with Gasteiger partial charge >= 0.3 is 0 Å². The Morgan fingerprint density at radius 1 is 0.455 bits per heavy atom. The molecule has 2 nitrogen and oxygen atoms in total. The van der Waals surface area contributed by atoms with Gasteiger partial charge in [-0.3, -0.25) is 0 Å². The van der Waals surface area contributed by atoms with Crippen molar-refractivity contribution in [2.24, 2.45) is 0 Å². The number of hydrogen-bond acceptors (Lipinski definition) is 1. The van der Waals surface area contributed by atoms with Gasteiger partial charge in [0.25, 0.3) is 0 Å². The minimum atomic E-state index is -0.0146.